The lowest BCUT2D eigenvalue weighted by Crippen LogP contribution is -2.47. The van der Waals surface area contributed by atoms with Crippen molar-refractivity contribution < 1.29 is 28.4 Å². The molecule has 0 N–H and O–H groups in total. The first-order chi connectivity index (χ1) is 17.1. The van der Waals surface area contributed by atoms with Gasteiger partial charge in [0, 0.05) is 19.6 Å². The zero-order valence-electron chi connectivity index (χ0n) is 22.8. The van der Waals surface area contributed by atoms with Crippen LogP contribution in [0.25, 0.3) is 0 Å². The predicted octanol–water partition coefficient (Wildman–Crippen LogP) is 3.12. The van der Waals surface area contributed by atoms with Crippen LogP contribution in [-0.4, -0.2) is 77.0 Å². The summed E-state index contributed by atoms with van der Waals surface area (Å²) in [6, 6.07) is 8.92. The molecular formula is C26H38BN3O6S. The molecule has 2 saturated heterocycles. The Kier molecular flexibility index (Phi) is 8.90. The second kappa shape index (κ2) is 11.2. The van der Waals surface area contributed by atoms with E-state index in [1.807, 2.05) is 52.0 Å². The lowest BCUT2D eigenvalue weighted by Gasteiger charge is -2.32. The molecule has 202 valence electrons. The number of nitriles is 1. The fourth-order valence-corrected chi connectivity index (χ4v) is 4.23. The first-order valence-corrected chi connectivity index (χ1v) is 13.0. The fraction of sp³-hybridized carbons (Fsp3) is 0.654. The monoisotopic (exact) mass is 531 g/mol. The van der Waals surface area contributed by atoms with E-state index in [9.17, 15) is 14.9 Å². The summed E-state index contributed by atoms with van der Waals surface area (Å²) in [5.41, 5.74) is 0.214. The minimum Gasteiger partial charge on any atom is -0.444 e. The lowest BCUT2D eigenvalue weighted by molar-refractivity contribution is -0.139. The highest BCUT2D eigenvalue weighted by Crippen LogP contribution is 2.36. The Morgan fingerprint density at radius 2 is 1.81 bits per heavy atom. The number of hydrogen-bond donors (Lipinski definition) is 1. The van der Waals surface area contributed by atoms with Crippen LogP contribution in [0, 0.1) is 11.3 Å². The molecule has 2 aliphatic heterocycles. The van der Waals surface area contributed by atoms with Crippen molar-refractivity contribution in [3.05, 3.63) is 29.8 Å². The van der Waals surface area contributed by atoms with Crippen molar-refractivity contribution in [1.29, 1.82) is 5.26 Å². The van der Waals surface area contributed by atoms with E-state index >= 15 is 0 Å². The normalized spacial score (nSPS) is 22.1. The van der Waals surface area contributed by atoms with Gasteiger partial charge in [0.15, 0.2) is 6.10 Å². The molecule has 2 aliphatic rings. The van der Waals surface area contributed by atoms with Crippen LogP contribution in [0.3, 0.4) is 0 Å². The van der Waals surface area contributed by atoms with Crippen LogP contribution in [0.5, 0.6) is 0 Å². The summed E-state index contributed by atoms with van der Waals surface area (Å²) in [6.07, 6.45) is -0.584. The van der Waals surface area contributed by atoms with Gasteiger partial charge >= 0.3 is 13.2 Å². The molecule has 1 aromatic carbocycles. The molecule has 9 nitrogen and oxygen atoms in total. The molecule has 11 heteroatoms. The summed E-state index contributed by atoms with van der Waals surface area (Å²) in [7, 11) is -0.478. The van der Waals surface area contributed by atoms with Crippen LogP contribution >= 0.6 is 12.8 Å². The minimum atomic E-state index is -0.936. The molecule has 2 fully saturated rings. The quantitative estimate of drug-likeness (QED) is 0.460. The zero-order chi connectivity index (χ0) is 27.6. The second-order valence-electron chi connectivity index (χ2n) is 11.5. The number of carbonyl (C=O) groups is 2. The number of ether oxygens (including phenoxy) is 2. The molecule has 37 heavy (non-hydrogen) atoms. The predicted molar refractivity (Wildman–Crippen MR) is 143 cm³/mol. The summed E-state index contributed by atoms with van der Waals surface area (Å²) in [4.78, 5) is 27.2. The van der Waals surface area contributed by atoms with Crippen molar-refractivity contribution in [2.75, 3.05) is 19.7 Å². The highest BCUT2D eigenvalue weighted by molar-refractivity contribution is 7.78. The zero-order valence-corrected chi connectivity index (χ0v) is 23.7. The van der Waals surface area contributed by atoms with Gasteiger partial charge in [-0.1, -0.05) is 37.1 Å². The Labute approximate surface area is 226 Å². The molecular weight excluding hydrogens is 493 g/mol. The average molecular weight is 531 g/mol. The SMILES string of the molecule is CC(C)(C)OC(=O)N1CCCO[C@H](C(=O)N(S)[C@H](C#N)Cc2ccc(B3OC(C)(C)C(C)(C)O3)cc2)C1. The summed E-state index contributed by atoms with van der Waals surface area (Å²) in [5, 5.41) is 9.81. The van der Waals surface area contributed by atoms with Gasteiger partial charge < -0.3 is 23.7 Å². The fourth-order valence-electron chi connectivity index (χ4n) is 3.97. The summed E-state index contributed by atoms with van der Waals surface area (Å²) in [5.74, 6) is -0.473. The molecule has 3 rings (SSSR count). The summed E-state index contributed by atoms with van der Waals surface area (Å²) in [6.45, 7) is 14.1. The van der Waals surface area contributed by atoms with Crippen LogP contribution in [0.4, 0.5) is 4.79 Å². The Morgan fingerprint density at radius 3 is 2.35 bits per heavy atom. The Bertz CT molecular complexity index is 1000. The number of thiol groups is 1. The average Bonchev–Trinajstić information content (AvgIpc) is 2.97. The minimum absolute atomic E-state index is 0.0335. The largest absolute Gasteiger partial charge is 0.494 e. The Balaban J connectivity index is 1.64. The molecule has 0 aromatic heterocycles. The molecule has 0 radical (unpaired) electrons. The number of rotatable bonds is 5. The Morgan fingerprint density at radius 1 is 1.22 bits per heavy atom. The van der Waals surface area contributed by atoms with Gasteiger partial charge in [-0.15, -0.1) is 0 Å². The van der Waals surface area contributed by atoms with Crippen LogP contribution in [0.2, 0.25) is 0 Å². The van der Waals surface area contributed by atoms with Crippen LogP contribution in [0.15, 0.2) is 24.3 Å². The highest BCUT2D eigenvalue weighted by Gasteiger charge is 2.51. The maximum Gasteiger partial charge on any atom is 0.494 e. The summed E-state index contributed by atoms with van der Waals surface area (Å²) < 4.78 is 24.5. The molecule has 0 saturated carbocycles. The van der Waals surface area contributed by atoms with Crippen molar-refractivity contribution in [2.24, 2.45) is 0 Å². The van der Waals surface area contributed by atoms with Crippen LogP contribution in [-0.2, 0) is 30.0 Å². The van der Waals surface area contributed by atoms with Gasteiger partial charge in [0.05, 0.1) is 23.8 Å². The molecule has 0 bridgehead atoms. The van der Waals surface area contributed by atoms with E-state index in [0.29, 0.717) is 19.6 Å². The van der Waals surface area contributed by atoms with Crippen molar-refractivity contribution in [1.82, 2.24) is 9.21 Å². The molecule has 0 spiro atoms. The molecule has 2 heterocycles. The van der Waals surface area contributed by atoms with E-state index in [-0.39, 0.29) is 13.0 Å². The number of nitrogens with zero attached hydrogens (tertiary/aromatic N) is 3. The first kappa shape index (κ1) is 29.3. The van der Waals surface area contributed by atoms with E-state index in [1.165, 1.54) is 4.90 Å². The van der Waals surface area contributed by atoms with Crippen molar-refractivity contribution in [3.63, 3.8) is 0 Å². The highest BCUT2D eigenvalue weighted by atomic mass is 32.1. The lowest BCUT2D eigenvalue weighted by atomic mass is 9.78. The summed E-state index contributed by atoms with van der Waals surface area (Å²) >= 11 is 4.36. The third-order valence-corrected chi connectivity index (χ3v) is 7.28. The van der Waals surface area contributed by atoms with Gasteiger partial charge in [-0.25, -0.2) is 4.79 Å². The van der Waals surface area contributed by atoms with Crippen molar-refractivity contribution >= 4 is 37.4 Å². The number of carbonyl (C=O) groups excluding carboxylic acids is 2. The van der Waals surface area contributed by atoms with Gasteiger partial charge in [-0.05, 0) is 65.9 Å². The van der Waals surface area contributed by atoms with E-state index in [1.54, 1.807) is 20.8 Å². The number of hydrogen-bond acceptors (Lipinski definition) is 8. The molecule has 2 atom stereocenters. The van der Waals surface area contributed by atoms with Gasteiger partial charge in [0.25, 0.3) is 5.91 Å². The van der Waals surface area contributed by atoms with Gasteiger partial charge in [-0.2, -0.15) is 5.26 Å². The standard InChI is InChI=1S/C26H38BN3O6S/c1-24(2,3)34-23(32)29-13-8-14-33-21(17-29)22(31)30(37)20(16-28)15-18-9-11-19(12-10-18)27-35-25(4,5)26(6,7)36-27/h9-12,20-21,37H,8,13-15,17H2,1-7H3/t20-,21-/m0/s1. The van der Waals surface area contributed by atoms with Crippen molar-refractivity contribution in [3.8, 4) is 6.07 Å². The van der Waals surface area contributed by atoms with Gasteiger partial charge in [0.2, 0.25) is 0 Å². The van der Waals surface area contributed by atoms with E-state index < -0.39 is 48.1 Å². The van der Waals surface area contributed by atoms with E-state index in [2.05, 4.69) is 18.9 Å². The Hall–Kier alpha value is -2.26. The van der Waals surface area contributed by atoms with Crippen LogP contribution < -0.4 is 5.46 Å². The first-order valence-electron chi connectivity index (χ1n) is 12.6. The number of amides is 2. The smallest absolute Gasteiger partial charge is 0.444 e. The maximum absolute atomic E-state index is 13.2. The van der Waals surface area contributed by atoms with Gasteiger partial charge in [-0.3, -0.25) is 9.10 Å². The van der Waals surface area contributed by atoms with E-state index in [0.717, 1.165) is 15.3 Å². The molecule has 0 aliphatic carbocycles. The number of benzene rings is 1. The molecule has 1 aromatic rings. The van der Waals surface area contributed by atoms with Gasteiger partial charge in [0.1, 0.15) is 11.6 Å². The molecule has 2 amide bonds. The van der Waals surface area contributed by atoms with Crippen molar-refractivity contribution in [2.45, 2.75) is 90.3 Å². The third kappa shape index (κ3) is 7.20. The topological polar surface area (TPSA) is 101 Å². The van der Waals surface area contributed by atoms with E-state index in [4.69, 9.17) is 18.8 Å². The second-order valence-corrected chi connectivity index (χ2v) is 11.9. The van der Waals surface area contributed by atoms with Crippen LogP contribution in [0.1, 0.15) is 60.5 Å². The molecule has 0 unspecified atom stereocenters. The third-order valence-electron chi connectivity index (χ3n) is 6.81. The maximum atomic E-state index is 13.2.